The molecule has 0 aliphatic carbocycles. The number of carbonyl (C=O) groups is 1. The molecule has 0 atom stereocenters. The monoisotopic (exact) mass is 398 g/mol. The van der Waals surface area contributed by atoms with Crippen molar-refractivity contribution < 1.29 is 17.6 Å². The number of hydrogen-bond donors (Lipinski definition) is 1. The molecule has 0 aliphatic rings. The van der Waals surface area contributed by atoms with Gasteiger partial charge in [0, 0.05) is 12.4 Å². The lowest BCUT2D eigenvalue weighted by molar-refractivity contribution is -0.121. The highest BCUT2D eigenvalue weighted by atomic mass is 32.2. The van der Waals surface area contributed by atoms with Crippen molar-refractivity contribution in [2.24, 2.45) is 5.10 Å². The molecule has 0 saturated heterocycles. The zero-order chi connectivity index (χ0) is 19.8. The first kappa shape index (κ1) is 19.5. The number of nitrogens with zero attached hydrogens (tertiary/aromatic N) is 3. The lowest BCUT2D eigenvalue weighted by atomic mass is 10.3. The van der Waals surface area contributed by atoms with Crippen LogP contribution in [0.3, 0.4) is 0 Å². The molecule has 0 saturated carbocycles. The first-order chi connectivity index (χ1) is 13.6. The summed E-state index contributed by atoms with van der Waals surface area (Å²) >= 11 is 0. The Morgan fingerprint density at radius 1 is 1.11 bits per heavy atom. The number of aromatic nitrogens is 1. The van der Waals surface area contributed by atoms with Gasteiger partial charge in [0.25, 0.3) is 5.91 Å². The van der Waals surface area contributed by atoms with Crippen LogP contribution in [0.25, 0.3) is 0 Å². The Kier molecular flexibility index (Phi) is 6.30. The number of nitrogens with one attached hydrogen (secondary N) is 1. The Morgan fingerprint density at radius 2 is 1.86 bits per heavy atom. The molecule has 1 amide bonds. The smallest absolute Gasteiger partial charge is 0.255 e. The van der Waals surface area contributed by atoms with Gasteiger partial charge < -0.3 is 4.42 Å². The Labute approximate surface area is 162 Å². The van der Waals surface area contributed by atoms with E-state index in [-0.39, 0.29) is 11.4 Å². The molecular formula is C19H18N4O4S. The second-order valence-corrected chi connectivity index (χ2v) is 7.68. The minimum Gasteiger partial charge on any atom is -0.468 e. The summed E-state index contributed by atoms with van der Waals surface area (Å²) in [6.07, 6.45) is 6.09. The van der Waals surface area contributed by atoms with Crippen molar-refractivity contribution in [1.29, 1.82) is 0 Å². The standard InChI is InChI=1S/C19H18N4O4S/c24-19(22-21-13-16-8-10-20-11-9-16)15-23(14-17-5-4-12-27-17)28(25,26)18-6-2-1-3-7-18/h1-13H,14-15H2,(H,22,24). The van der Waals surface area contributed by atoms with Crippen molar-refractivity contribution in [2.45, 2.75) is 11.4 Å². The van der Waals surface area contributed by atoms with Crippen molar-refractivity contribution in [3.8, 4) is 0 Å². The van der Waals surface area contributed by atoms with Gasteiger partial charge in [-0.2, -0.15) is 9.41 Å². The van der Waals surface area contributed by atoms with E-state index >= 15 is 0 Å². The molecule has 0 aliphatic heterocycles. The summed E-state index contributed by atoms with van der Waals surface area (Å²) < 4.78 is 32.2. The number of benzene rings is 1. The number of furan rings is 1. The van der Waals surface area contributed by atoms with Crippen molar-refractivity contribution >= 4 is 22.1 Å². The molecule has 0 unspecified atom stereocenters. The molecule has 1 aromatic carbocycles. The largest absolute Gasteiger partial charge is 0.468 e. The molecule has 9 heteroatoms. The summed E-state index contributed by atoms with van der Waals surface area (Å²) in [6.45, 7) is -0.489. The molecule has 1 N–H and O–H groups in total. The maximum Gasteiger partial charge on any atom is 0.255 e. The zero-order valence-electron chi connectivity index (χ0n) is 14.8. The van der Waals surface area contributed by atoms with Crippen LogP contribution in [0, 0.1) is 0 Å². The van der Waals surface area contributed by atoms with E-state index in [1.807, 2.05) is 0 Å². The molecule has 3 aromatic rings. The fraction of sp³-hybridized carbons (Fsp3) is 0.105. The van der Waals surface area contributed by atoms with Crippen LogP contribution in [0.5, 0.6) is 0 Å². The van der Waals surface area contributed by atoms with Gasteiger partial charge in [-0.1, -0.05) is 18.2 Å². The molecule has 2 aromatic heterocycles. The Bertz CT molecular complexity index is 1020. The summed E-state index contributed by atoms with van der Waals surface area (Å²) in [5, 5.41) is 3.85. The van der Waals surface area contributed by atoms with E-state index < -0.39 is 22.5 Å². The number of rotatable bonds is 8. The SMILES string of the molecule is O=C(CN(Cc1ccco1)S(=O)(=O)c1ccccc1)NN=Cc1ccncc1. The lowest BCUT2D eigenvalue weighted by Gasteiger charge is -2.20. The third-order valence-electron chi connectivity index (χ3n) is 3.72. The van der Waals surface area contributed by atoms with Crippen LogP contribution in [0.15, 0.2) is 87.7 Å². The average Bonchev–Trinajstić information content (AvgIpc) is 3.22. The Balaban J connectivity index is 1.73. The van der Waals surface area contributed by atoms with Crippen LogP contribution in [0.4, 0.5) is 0 Å². The molecule has 0 radical (unpaired) electrons. The predicted molar refractivity (Wildman–Crippen MR) is 103 cm³/mol. The highest BCUT2D eigenvalue weighted by Gasteiger charge is 2.27. The van der Waals surface area contributed by atoms with Gasteiger partial charge in [0.1, 0.15) is 5.76 Å². The quantitative estimate of drug-likeness (QED) is 0.462. The summed E-state index contributed by atoms with van der Waals surface area (Å²) in [5.74, 6) is -0.149. The van der Waals surface area contributed by atoms with E-state index in [0.717, 1.165) is 9.87 Å². The minimum atomic E-state index is -3.90. The van der Waals surface area contributed by atoms with Gasteiger partial charge in [-0.05, 0) is 42.0 Å². The van der Waals surface area contributed by atoms with Crippen LogP contribution in [-0.4, -0.2) is 36.4 Å². The summed E-state index contributed by atoms with van der Waals surface area (Å²) in [6, 6.07) is 14.7. The van der Waals surface area contributed by atoms with Crippen LogP contribution in [0.2, 0.25) is 0 Å². The highest BCUT2D eigenvalue weighted by molar-refractivity contribution is 7.89. The Morgan fingerprint density at radius 3 is 2.54 bits per heavy atom. The fourth-order valence-electron chi connectivity index (χ4n) is 2.37. The van der Waals surface area contributed by atoms with Gasteiger partial charge in [-0.15, -0.1) is 0 Å². The summed E-state index contributed by atoms with van der Waals surface area (Å²) in [5.41, 5.74) is 3.09. The topological polar surface area (TPSA) is 105 Å². The third kappa shape index (κ3) is 5.12. The molecule has 3 rings (SSSR count). The van der Waals surface area contributed by atoms with E-state index in [1.54, 1.807) is 54.9 Å². The van der Waals surface area contributed by atoms with E-state index in [2.05, 4.69) is 15.5 Å². The number of carbonyl (C=O) groups excluding carboxylic acids is 1. The molecule has 0 spiro atoms. The van der Waals surface area contributed by atoms with Gasteiger partial charge in [0.05, 0.1) is 30.5 Å². The van der Waals surface area contributed by atoms with E-state index in [0.29, 0.717) is 5.76 Å². The molecular weight excluding hydrogens is 380 g/mol. The third-order valence-corrected chi connectivity index (χ3v) is 5.53. The van der Waals surface area contributed by atoms with Crippen molar-refractivity contribution in [2.75, 3.05) is 6.54 Å². The first-order valence-electron chi connectivity index (χ1n) is 8.35. The highest BCUT2D eigenvalue weighted by Crippen LogP contribution is 2.18. The van der Waals surface area contributed by atoms with Crippen LogP contribution >= 0.6 is 0 Å². The van der Waals surface area contributed by atoms with Crippen LogP contribution in [-0.2, 0) is 21.4 Å². The van der Waals surface area contributed by atoms with Gasteiger partial charge in [-0.3, -0.25) is 9.78 Å². The van der Waals surface area contributed by atoms with E-state index in [9.17, 15) is 13.2 Å². The second-order valence-electron chi connectivity index (χ2n) is 5.74. The fourth-order valence-corrected chi connectivity index (χ4v) is 3.75. The minimum absolute atomic E-state index is 0.0777. The maximum absolute atomic E-state index is 12.9. The lowest BCUT2D eigenvalue weighted by Crippen LogP contribution is -2.38. The maximum atomic E-state index is 12.9. The number of amides is 1. The van der Waals surface area contributed by atoms with E-state index in [4.69, 9.17) is 4.42 Å². The van der Waals surface area contributed by atoms with Crippen LogP contribution in [0.1, 0.15) is 11.3 Å². The molecule has 0 fully saturated rings. The van der Waals surface area contributed by atoms with E-state index in [1.165, 1.54) is 24.6 Å². The van der Waals surface area contributed by atoms with Crippen molar-refractivity contribution in [3.63, 3.8) is 0 Å². The van der Waals surface area contributed by atoms with Crippen LogP contribution < -0.4 is 5.43 Å². The molecule has 2 heterocycles. The second kappa shape index (κ2) is 9.07. The van der Waals surface area contributed by atoms with Crippen molar-refractivity contribution in [1.82, 2.24) is 14.7 Å². The van der Waals surface area contributed by atoms with Gasteiger partial charge in [0.2, 0.25) is 10.0 Å². The van der Waals surface area contributed by atoms with Crippen molar-refractivity contribution in [3.05, 3.63) is 84.6 Å². The molecule has 28 heavy (non-hydrogen) atoms. The Hall–Kier alpha value is -3.30. The summed E-state index contributed by atoms with van der Waals surface area (Å²) in [7, 11) is -3.90. The molecule has 144 valence electrons. The zero-order valence-corrected chi connectivity index (χ0v) is 15.6. The van der Waals surface area contributed by atoms with Gasteiger partial charge >= 0.3 is 0 Å². The number of sulfonamides is 1. The molecule has 0 bridgehead atoms. The number of pyridine rings is 1. The normalized spacial score (nSPS) is 11.8. The van der Waals surface area contributed by atoms with Gasteiger partial charge in [0.15, 0.2) is 0 Å². The number of hydrazone groups is 1. The first-order valence-corrected chi connectivity index (χ1v) is 9.79. The average molecular weight is 398 g/mol. The predicted octanol–water partition coefficient (Wildman–Crippen LogP) is 2.02. The van der Waals surface area contributed by atoms with Gasteiger partial charge in [-0.25, -0.2) is 13.8 Å². The molecule has 8 nitrogen and oxygen atoms in total. The summed E-state index contributed by atoms with van der Waals surface area (Å²) in [4.78, 5) is 16.3. The number of hydrogen-bond acceptors (Lipinski definition) is 6.